The van der Waals surface area contributed by atoms with Crippen LogP contribution in [0.5, 0.6) is 0 Å². The molecule has 1 aliphatic carbocycles. The summed E-state index contributed by atoms with van der Waals surface area (Å²) in [6, 6.07) is 10.2. The molecule has 1 atom stereocenters. The van der Waals surface area contributed by atoms with Crippen molar-refractivity contribution in [1.29, 1.82) is 5.26 Å². The second kappa shape index (κ2) is 8.15. The van der Waals surface area contributed by atoms with E-state index in [1.54, 1.807) is 9.47 Å². The van der Waals surface area contributed by atoms with Gasteiger partial charge in [-0.25, -0.2) is 0 Å². The molecule has 2 aliphatic rings. The minimum absolute atomic E-state index is 0.0151. The molecule has 2 aromatic rings. The third kappa shape index (κ3) is 3.81. The zero-order chi connectivity index (χ0) is 19.5. The highest BCUT2D eigenvalue weighted by Gasteiger charge is 2.30. The molecule has 1 saturated carbocycles. The van der Waals surface area contributed by atoms with Gasteiger partial charge in [-0.2, -0.15) is 5.26 Å². The van der Waals surface area contributed by atoms with E-state index >= 15 is 0 Å². The van der Waals surface area contributed by atoms with Gasteiger partial charge in [0.05, 0.1) is 12.6 Å². The molecule has 1 N–H and O–H groups in total. The second-order valence-electron chi connectivity index (χ2n) is 7.94. The minimum atomic E-state index is -0.264. The Morgan fingerprint density at radius 3 is 2.39 bits per heavy atom. The maximum Gasteiger partial charge on any atom is 0.237 e. The van der Waals surface area contributed by atoms with E-state index in [1.165, 1.54) is 0 Å². The van der Waals surface area contributed by atoms with Gasteiger partial charge in [0.15, 0.2) is 0 Å². The van der Waals surface area contributed by atoms with Gasteiger partial charge in [-0.15, -0.1) is 0 Å². The first-order valence-corrected chi connectivity index (χ1v) is 10.2. The largest absolute Gasteiger partial charge is 0.326 e. The Labute approximate surface area is 165 Å². The summed E-state index contributed by atoms with van der Waals surface area (Å²) in [5.74, 6) is 0.220. The Morgan fingerprint density at radius 1 is 1.07 bits per heavy atom. The van der Waals surface area contributed by atoms with Gasteiger partial charge in [0.25, 0.3) is 0 Å². The quantitative estimate of drug-likeness (QED) is 0.887. The van der Waals surface area contributed by atoms with Gasteiger partial charge in [-0.1, -0.05) is 24.3 Å². The van der Waals surface area contributed by atoms with E-state index in [0.717, 1.165) is 49.3 Å². The predicted molar refractivity (Wildman–Crippen MR) is 107 cm³/mol. The Hall–Kier alpha value is -2.65. The topological polar surface area (TPSA) is 78.1 Å². The number of hydrogen-bond acceptors (Lipinski definition) is 4. The molecule has 0 bridgehead atoms. The first-order chi connectivity index (χ1) is 13.7. The Bertz CT molecular complexity index is 872. The lowest BCUT2D eigenvalue weighted by molar-refractivity contribution is -0.130. The molecule has 1 amide bonds. The van der Waals surface area contributed by atoms with Crippen molar-refractivity contribution in [2.75, 3.05) is 13.1 Å². The summed E-state index contributed by atoms with van der Waals surface area (Å²) in [5, 5.41) is 14.6. The standard InChI is InChI=1S/C22H26N4O2/c23-12-20-6-3-11-26(20)21(27)13-24-19-9-7-16(8-10-19)22(28)25-14-17-4-1-2-5-18(17)15-25/h1-2,4-5,14-16,19-20,24H,3,6-11,13H2/t16?,19?,20-/m0/s1. The highest BCUT2D eigenvalue weighted by molar-refractivity contribution is 5.90. The number of fused-ring (bicyclic) bond motifs is 1. The third-order valence-corrected chi connectivity index (χ3v) is 6.15. The number of likely N-dealkylation sites (tertiary alicyclic amines) is 1. The van der Waals surface area contributed by atoms with Crippen LogP contribution in [0.3, 0.4) is 0 Å². The third-order valence-electron chi connectivity index (χ3n) is 6.15. The Morgan fingerprint density at radius 2 is 1.75 bits per heavy atom. The second-order valence-corrected chi connectivity index (χ2v) is 7.94. The maximum atomic E-state index is 12.8. The van der Waals surface area contributed by atoms with Crippen LogP contribution in [0, 0.1) is 17.2 Å². The molecule has 146 valence electrons. The summed E-state index contributed by atoms with van der Waals surface area (Å²) >= 11 is 0. The van der Waals surface area contributed by atoms with Crippen LogP contribution in [-0.2, 0) is 4.79 Å². The molecule has 2 fully saturated rings. The van der Waals surface area contributed by atoms with E-state index in [-0.39, 0.29) is 36.4 Å². The summed E-state index contributed by atoms with van der Waals surface area (Å²) in [6.45, 7) is 0.968. The highest BCUT2D eigenvalue weighted by atomic mass is 16.2. The van der Waals surface area contributed by atoms with Crippen LogP contribution in [0.4, 0.5) is 0 Å². The lowest BCUT2D eigenvalue weighted by atomic mass is 9.85. The van der Waals surface area contributed by atoms with Crippen LogP contribution in [0.1, 0.15) is 43.3 Å². The fraction of sp³-hybridized carbons (Fsp3) is 0.500. The van der Waals surface area contributed by atoms with Crippen LogP contribution in [0.15, 0.2) is 36.7 Å². The van der Waals surface area contributed by atoms with Crippen LogP contribution in [-0.4, -0.2) is 46.5 Å². The summed E-state index contributed by atoms with van der Waals surface area (Å²) in [5.41, 5.74) is 0. The summed E-state index contributed by atoms with van der Waals surface area (Å²) < 4.78 is 1.74. The molecule has 1 aromatic carbocycles. The molecule has 1 aromatic heterocycles. The number of amides is 1. The number of rotatable bonds is 4. The summed E-state index contributed by atoms with van der Waals surface area (Å²) in [6.07, 6.45) is 8.99. The molecule has 6 heteroatoms. The molecule has 0 radical (unpaired) electrons. The zero-order valence-electron chi connectivity index (χ0n) is 16.0. The zero-order valence-corrected chi connectivity index (χ0v) is 16.0. The molecule has 2 heterocycles. The van der Waals surface area contributed by atoms with Crippen molar-refractivity contribution >= 4 is 22.6 Å². The fourth-order valence-electron chi connectivity index (χ4n) is 4.50. The fourth-order valence-corrected chi connectivity index (χ4v) is 4.50. The number of carbonyl (C=O) groups is 2. The van der Waals surface area contributed by atoms with Gasteiger partial charge >= 0.3 is 0 Å². The van der Waals surface area contributed by atoms with E-state index in [2.05, 4.69) is 11.4 Å². The van der Waals surface area contributed by atoms with Crippen molar-refractivity contribution in [2.45, 2.75) is 50.6 Å². The van der Waals surface area contributed by atoms with Gasteiger partial charge in [0.1, 0.15) is 6.04 Å². The van der Waals surface area contributed by atoms with Crippen LogP contribution in [0.2, 0.25) is 0 Å². The van der Waals surface area contributed by atoms with Crippen molar-refractivity contribution in [1.82, 2.24) is 14.8 Å². The van der Waals surface area contributed by atoms with Crippen molar-refractivity contribution in [2.24, 2.45) is 5.92 Å². The average molecular weight is 378 g/mol. The minimum Gasteiger partial charge on any atom is -0.326 e. The van der Waals surface area contributed by atoms with E-state index in [0.29, 0.717) is 6.54 Å². The molecular formula is C22H26N4O2. The van der Waals surface area contributed by atoms with Gasteiger partial charge < -0.3 is 10.2 Å². The van der Waals surface area contributed by atoms with E-state index in [9.17, 15) is 9.59 Å². The molecule has 1 saturated heterocycles. The number of nitriles is 1. The molecule has 4 rings (SSSR count). The normalized spacial score (nSPS) is 25.0. The highest BCUT2D eigenvalue weighted by Crippen LogP contribution is 2.27. The van der Waals surface area contributed by atoms with Gasteiger partial charge in [-0.3, -0.25) is 14.2 Å². The van der Waals surface area contributed by atoms with E-state index < -0.39 is 0 Å². The summed E-state index contributed by atoms with van der Waals surface area (Å²) in [7, 11) is 0. The number of benzene rings is 1. The first-order valence-electron chi connectivity index (χ1n) is 10.2. The lowest BCUT2D eigenvalue weighted by Gasteiger charge is -2.29. The Kier molecular flexibility index (Phi) is 5.45. The molecule has 6 nitrogen and oxygen atoms in total. The van der Waals surface area contributed by atoms with Crippen molar-refractivity contribution in [3.8, 4) is 6.07 Å². The number of carbonyl (C=O) groups excluding carboxylic acids is 2. The van der Waals surface area contributed by atoms with Gasteiger partial charge in [-0.05, 0) is 49.3 Å². The molecule has 0 unspecified atom stereocenters. The SMILES string of the molecule is N#C[C@@H]1CCCN1C(=O)CNC1CCC(C(=O)n2cc3ccccc3c2)CC1. The van der Waals surface area contributed by atoms with Crippen molar-refractivity contribution in [3.05, 3.63) is 36.7 Å². The predicted octanol–water partition coefficient (Wildman–Crippen LogP) is 2.94. The van der Waals surface area contributed by atoms with Gasteiger partial charge in [0.2, 0.25) is 11.8 Å². The number of nitrogens with one attached hydrogen (secondary N) is 1. The monoisotopic (exact) mass is 378 g/mol. The van der Waals surface area contributed by atoms with E-state index in [4.69, 9.17) is 5.26 Å². The van der Waals surface area contributed by atoms with Crippen LogP contribution in [0.25, 0.3) is 10.8 Å². The molecular weight excluding hydrogens is 352 g/mol. The molecule has 1 aliphatic heterocycles. The number of nitrogens with zero attached hydrogens (tertiary/aromatic N) is 3. The molecule has 0 spiro atoms. The number of aromatic nitrogens is 1. The summed E-state index contributed by atoms with van der Waals surface area (Å²) in [4.78, 5) is 26.9. The van der Waals surface area contributed by atoms with Crippen LogP contribution < -0.4 is 5.32 Å². The van der Waals surface area contributed by atoms with Crippen molar-refractivity contribution in [3.63, 3.8) is 0 Å². The smallest absolute Gasteiger partial charge is 0.237 e. The van der Waals surface area contributed by atoms with E-state index in [1.807, 2.05) is 36.7 Å². The lowest BCUT2D eigenvalue weighted by Crippen LogP contribution is -2.44. The van der Waals surface area contributed by atoms with Crippen LogP contribution >= 0.6 is 0 Å². The Balaban J connectivity index is 1.27. The maximum absolute atomic E-state index is 12.8. The van der Waals surface area contributed by atoms with Gasteiger partial charge in [0, 0.05) is 30.9 Å². The first kappa shape index (κ1) is 18.7. The molecule has 28 heavy (non-hydrogen) atoms. The van der Waals surface area contributed by atoms with Crippen molar-refractivity contribution < 1.29 is 9.59 Å². The average Bonchev–Trinajstić information content (AvgIpc) is 3.38. The number of hydrogen-bond donors (Lipinski definition) is 1.